The van der Waals surface area contributed by atoms with Crippen LogP contribution in [-0.2, 0) is 17.7 Å². The van der Waals surface area contributed by atoms with Crippen molar-refractivity contribution in [3.8, 4) is 0 Å². The molecule has 0 radical (unpaired) electrons. The van der Waals surface area contributed by atoms with Gasteiger partial charge in [-0.3, -0.25) is 4.68 Å². The Kier molecular flexibility index (Phi) is 6.62. The minimum atomic E-state index is 0.251. The van der Waals surface area contributed by atoms with Crippen molar-refractivity contribution in [3.05, 3.63) is 29.6 Å². The topological polar surface area (TPSA) is 107 Å². The smallest absolute Gasteiger partial charge is 0.228 e. The molecule has 0 atom stereocenters. The zero-order chi connectivity index (χ0) is 21.8. The van der Waals surface area contributed by atoms with Gasteiger partial charge in [0.1, 0.15) is 16.9 Å². The summed E-state index contributed by atoms with van der Waals surface area (Å²) >= 11 is 0. The third kappa shape index (κ3) is 4.77. The number of aromatic nitrogens is 5. The van der Waals surface area contributed by atoms with Gasteiger partial charge in [0, 0.05) is 31.4 Å². The maximum atomic E-state index is 6.11. The number of anilines is 3. The summed E-state index contributed by atoms with van der Waals surface area (Å²) in [5.41, 5.74) is 9.78. The predicted molar refractivity (Wildman–Crippen MR) is 123 cm³/mol. The Balaban J connectivity index is 1.79. The second-order valence-corrected chi connectivity index (χ2v) is 7.90. The van der Waals surface area contributed by atoms with E-state index in [9.17, 15) is 0 Å². The zero-order valence-electron chi connectivity index (χ0n) is 18.6. The summed E-state index contributed by atoms with van der Waals surface area (Å²) in [6.45, 7) is 9.69. The van der Waals surface area contributed by atoms with Crippen LogP contribution in [0.15, 0.2) is 18.2 Å². The van der Waals surface area contributed by atoms with Crippen LogP contribution >= 0.6 is 0 Å². The molecule has 0 saturated carbocycles. The van der Waals surface area contributed by atoms with Gasteiger partial charge in [-0.05, 0) is 45.2 Å². The molecule has 1 fully saturated rings. The number of piperidine rings is 1. The molecule has 3 aromatic rings. The molecule has 0 spiro atoms. The van der Waals surface area contributed by atoms with Gasteiger partial charge in [0.25, 0.3) is 0 Å². The number of nitrogens with zero attached hydrogens (tertiary/aromatic N) is 6. The SMILES string of the molecule is CCOCCn1nc(CC)c2nc(N3CCC(N)CC3)nc(Nc3cccc(C)n3)c21. The van der Waals surface area contributed by atoms with Crippen LogP contribution in [0.2, 0.25) is 0 Å². The Bertz CT molecular complexity index is 1030. The first-order chi connectivity index (χ1) is 15.1. The van der Waals surface area contributed by atoms with Crippen molar-refractivity contribution < 1.29 is 4.74 Å². The molecule has 1 aliphatic rings. The third-order valence-electron chi connectivity index (χ3n) is 5.59. The second kappa shape index (κ2) is 9.57. The minimum absolute atomic E-state index is 0.251. The molecule has 4 heterocycles. The van der Waals surface area contributed by atoms with Crippen LogP contribution in [0.3, 0.4) is 0 Å². The quantitative estimate of drug-likeness (QED) is 0.532. The standard InChI is InChI=1S/C22H32N8O/c1-4-17-19-20(30(28-17)13-14-31-5-2)21(25-18-8-6-7-15(3)24-18)27-22(26-19)29-11-9-16(23)10-12-29/h6-8,16H,4-5,9-14,23H2,1-3H3,(H,24,25,26,27). The molecular formula is C22H32N8O. The molecule has 9 heteroatoms. The molecule has 0 amide bonds. The molecule has 1 aliphatic heterocycles. The van der Waals surface area contributed by atoms with E-state index in [-0.39, 0.29) is 6.04 Å². The fourth-order valence-corrected chi connectivity index (χ4v) is 3.89. The Hall–Kier alpha value is -2.78. The Morgan fingerprint density at radius 3 is 2.68 bits per heavy atom. The fourth-order valence-electron chi connectivity index (χ4n) is 3.89. The lowest BCUT2D eigenvalue weighted by Crippen LogP contribution is -2.40. The lowest BCUT2D eigenvalue weighted by Gasteiger charge is -2.30. The minimum Gasteiger partial charge on any atom is -0.380 e. The summed E-state index contributed by atoms with van der Waals surface area (Å²) in [6.07, 6.45) is 2.68. The number of nitrogens with one attached hydrogen (secondary N) is 1. The zero-order valence-corrected chi connectivity index (χ0v) is 18.6. The van der Waals surface area contributed by atoms with Gasteiger partial charge in [-0.25, -0.2) is 9.97 Å². The van der Waals surface area contributed by atoms with E-state index in [1.807, 2.05) is 36.7 Å². The molecule has 0 unspecified atom stereocenters. The van der Waals surface area contributed by atoms with Crippen LogP contribution in [0.4, 0.5) is 17.6 Å². The van der Waals surface area contributed by atoms with Crippen LogP contribution in [0.25, 0.3) is 11.0 Å². The van der Waals surface area contributed by atoms with Gasteiger partial charge in [-0.2, -0.15) is 10.1 Å². The van der Waals surface area contributed by atoms with Gasteiger partial charge in [0.2, 0.25) is 5.95 Å². The van der Waals surface area contributed by atoms with Crippen LogP contribution in [0.5, 0.6) is 0 Å². The number of nitrogens with two attached hydrogens (primary N) is 1. The first kappa shape index (κ1) is 21.5. The molecule has 3 aromatic heterocycles. The molecule has 31 heavy (non-hydrogen) atoms. The van der Waals surface area contributed by atoms with E-state index in [2.05, 4.69) is 22.1 Å². The van der Waals surface area contributed by atoms with Crippen LogP contribution in [0, 0.1) is 6.92 Å². The number of ether oxygens (including phenoxy) is 1. The molecule has 0 aliphatic carbocycles. The van der Waals surface area contributed by atoms with Crippen molar-refractivity contribution in [2.75, 3.05) is 36.5 Å². The van der Waals surface area contributed by atoms with Crippen molar-refractivity contribution in [1.82, 2.24) is 24.7 Å². The van der Waals surface area contributed by atoms with E-state index in [1.54, 1.807) is 0 Å². The number of fused-ring (bicyclic) bond motifs is 1. The van der Waals surface area contributed by atoms with Gasteiger partial charge < -0.3 is 20.7 Å². The molecule has 166 valence electrons. The summed E-state index contributed by atoms with van der Waals surface area (Å²) in [5.74, 6) is 2.19. The van der Waals surface area contributed by atoms with Crippen LogP contribution in [0.1, 0.15) is 38.1 Å². The first-order valence-electron chi connectivity index (χ1n) is 11.2. The lowest BCUT2D eigenvalue weighted by atomic mass is 10.1. The van der Waals surface area contributed by atoms with Crippen molar-refractivity contribution in [3.63, 3.8) is 0 Å². The summed E-state index contributed by atoms with van der Waals surface area (Å²) in [4.78, 5) is 16.7. The Morgan fingerprint density at radius 1 is 1.16 bits per heavy atom. The van der Waals surface area contributed by atoms with E-state index in [4.69, 9.17) is 25.5 Å². The number of pyridine rings is 1. The van der Waals surface area contributed by atoms with E-state index < -0.39 is 0 Å². The van der Waals surface area contributed by atoms with Crippen molar-refractivity contribution in [2.45, 2.75) is 52.6 Å². The molecule has 0 aromatic carbocycles. The first-order valence-corrected chi connectivity index (χ1v) is 11.2. The lowest BCUT2D eigenvalue weighted by molar-refractivity contribution is 0.137. The van der Waals surface area contributed by atoms with Gasteiger partial charge >= 0.3 is 0 Å². The number of hydrogen-bond donors (Lipinski definition) is 2. The summed E-state index contributed by atoms with van der Waals surface area (Å²) in [6, 6.07) is 6.16. The van der Waals surface area contributed by atoms with Crippen molar-refractivity contribution in [2.24, 2.45) is 5.73 Å². The van der Waals surface area contributed by atoms with E-state index in [0.29, 0.717) is 25.7 Å². The highest BCUT2D eigenvalue weighted by atomic mass is 16.5. The largest absolute Gasteiger partial charge is 0.380 e. The molecule has 4 rings (SSSR count). The fraction of sp³-hybridized carbons (Fsp3) is 0.545. The summed E-state index contributed by atoms with van der Waals surface area (Å²) < 4.78 is 7.53. The van der Waals surface area contributed by atoms with Gasteiger partial charge in [-0.15, -0.1) is 0 Å². The Labute approximate surface area is 183 Å². The van der Waals surface area contributed by atoms with Crippen LogP contribution < -0.4 is 16.0 Å². The number of aryl methyl sites for hydroxylation is 2. The van der Waals surface area contributed by atoms with Gasteiger partial charge in [-0.1, -0.05) is 13.0 Å². The molecular weight excluding hydrogens is 392 g/mol. The van der Waals surface area contributed by atoms with Crippen molar-refractivity contribution >= 4 is 28.6 Å². The van der Waals surface area contributed by atoms with Crippen molar-refractivity contribution in [1.29, 1.82) is 0 Å². The predicted octanol–water partition coefficient (Wildman–Crippen LogP) is 2.80. The molecule has 9 nitrogen and oxygen atoms in total. The number of hydrogen-bond acceptors (Lipinski definition) is 8. The molecule has 0 bridgehead atoms. The highest BCUT2D eigenvalue weighted by molar-refractivity contribution is 5.90. The van der Waals surface area contributed by atoms with Gasteiger partial charge in [0.15, 0.2) is 5.82 Å². The summed E-state index contributed by atoms with van der Waals surface area (Å²) in [5, 5.41) is 8.26. The summed E-state index contributed by atoms with van der Waals surface area (Å²) in [7, 11) is 0. The Morgan fingerprint density at radius 2 is 1.97 bits per heavy atom. The van der Waals surface area contributed by atoms with Crippen LogP contribution in [-0.4, -0.2) is 57.1 Å². The number of rotatable bonds is 8. The second-order valence-electron chi connectivity index (χ2n) is 7.90. The molecule has 1 saturated heterocycles. The average Bonchev–Trinajstić information content (AvgIpc) is 3.12. The van der Waals surface area contributed by atoms with E-state index >= 15 is 0 Å². The highest BCUT2D eigenvalue weighted by Gasteiger charge is 2.23. The monoisotopic (exact) mass is 424 g/mol. The molecule has 3 N–H and O–H groups in total. The normalized spacial score (nSPS) is 15.0. The maximum Gasteiger partial charge on any atom is 0.228 e. The van der Waals surface area contributed by atoms with E-state index in [0.717, 1.165) is 66.4 Å². The highest BCUT2D eigenvalue weighted by Crippen LogP contribution is 2.29. The van der Waals surface area contributed by atoms with Gasteiger partial charge in [0.05, 0.1) is 18.8 Å². The average molecular weight is 425 g/mol. The third-order valence-corrected chi connectivity index (χ3v) is 5.59. The van der Waals surface area contributed by atoms with E-state index in [1.165, 1.54) is 0 Å². The maximum absolute atomic E-state index is 6.11.